The van der Waals surface area contributed by atoms with Gasteiger partial charge in [-0.25, -0.2) is 4.79 Å². The topological polar surface area (TPSA) is 75.5 Å². The summed E-state index contributed by atoms with van der Waals surface area (Å²) in [5.41, 5.74) is 2.89. The van der Waals surface area contributed by atoms with E-state index in [-0.39, 0.29) is 12.4 Å². The van der Waals surface area contributed by atoms with Crippen molar-refractivity contribution in [3.05, 3.63) is 65.0 Å². The first-order valence-electron chi connectivity index (χ1n) is 9.75. The van der Waals surface area contributed by atoms with Crippen molar-refractivity contribution in [2.24, 2.45) is 0 Å². The van der Waals surface area contributed by atoms with Crippen molar-refractivity contribution in [1.29, 1.82) is 0 Å². The summed E-state index contributed by atoms with van der Waals surface area (Å²) in [5, 5.41) is 0. The molecule has 0 aliphatic carbocycles. The fraction of sp³-hybridized carbons (Fsp3) is 0.250. The van der Waals surface area contributed by atoms with Gasteiger partial charge in [-0.3, -0.25) is 4.79 Å². The molecule has 3 rings (SSSR count). The van der Waals surface area contributed by atoms with Crippen molar-refractivity contribution in [1.82, 2.24) is 4.40 Å². The van der Waals surface area contributed by atoms with Gasteiger partial charge in [-0.05, 0) is 55.8 Å². The molecule has 0 fully saturated rings. The Morgan fingerprint density at radius 1 is 1.00 bits per heavy atom. The predicted molar refractivity (Wildman–Crippen MR) is 118 cm³/mol. The van der Waals surface area contributed by atoms with Crippen LogP contribution >= 0.6 is 0 Å². The zero-order chi connectivity index (χ0) is 22.5. The molecule has 0 aliphatic heterocycles. The van der Waals surface area contributed by atoms with Gasteiger partial charge in [0, 0.05) is 5.69 Å². The van der Waals surface area contributed by atoms with Crippen molar-refractivity contribution in [2.75, 3.05) is 27.9 Å². The maximum absolute atomic E-state index is 13.1. The monoisotopic (exact) mass is 423 g/mol. The van der Waals surface area contributed by atoms with Gasteiger partial charge in [-0.1, -0.05) is 12.1 Å². The normalized spacial score (nSPS) is 11.0. The molecule has 2 aromatic heterocycles. The van der Waals surface area contributed by atoms with Gasteiger partial charge >= 0.3 is 5.97 Å². The van der Waals surface area contributed by atoms with Crippen molar-refractivity contribution in [3.8, 4) is 17.2 Å². The van der Waals surface area contributed by atoms with Gasteiger partial charge in [0.25, 0.3) is 0 Å². The Morgan fingerprint density at radius 2 is 1.68 bits per heavy atom. The minimum absolute atomic E-state index is 0.256. The van der Waals surface area contributed by atoms with Crippen LogP contribution in [0.4, 0.5) is 0 Å². The molecule has 7 nitrogen and oxygen atoms in total. The Balaban J connectivity index is 2.03. The van der Waals surface area contributed by atoms with E-state index < -0.39 is 5.97 Å². The van der Waals surface area contributed by atoms with E-state index in [9.17, 15) is 9.59 Å². The zero-order valence-electron chi connectivity index (χ0n) is 18.2. The van der Waals surface area contributed by atoms with E-state index in [0.717, 1.165) is 5.69 Å². The Morgan fingerprint density at radius 3 is 2.26 bits per heavy atom. The quantitative estimate of drug-likeness (QED) is 0.305. The number of ether oxygens (including phenoxy) is 4. The number of aromatic nitrogens is 1. The van der Waals surface area contributed by atoms with Crippen LogP contribution in [0.15, 0.2) is 42.5 Å². The number of esters is 1. The van der Waals surface area contributed by atoms with Gasteiger partial charge in [0.15, 0.2) is 11.5 Å². The first kappa shape index (κ1) is 22.0. The van der Waals surface area contributed by atoms with E-state index in [1.807, 2.05) is 19.1 Å². The van der Waals surface area contributed by atoms with Crippen LogP contribution in [0, 0.1) is 6.92 Å². The van der Waals surface area contributed by atoms with E-state index in [1.165, 1.54) is 27.4 Å². The summed E-state index contributed by atoms with van der Waals surface area (Å²) in [6.45, 7) is 3.88. The number of allylic oxidation sites excluding steroid dienone is 1. The Hall–Kier alpha value is -3.74. The molecule has 0 atom stereocenters. The molecular formula is C24H25NO6. The first-order valence-corrected chi connectivity index (χ1v) is 9.75. The van der Waals surface area contributed by atoms with Crippen molar-refractivity contribution in [3.63, 3.8) is 0 Å². The number of hydrogen-bond donors (Lipinski definition) is 0. The molecule has 3 aromatic rings. The second-order valence-corrected chi connectivity index (χ2v) is 6.71. The SMILES string of the molecule is CCOC(=O)c1cc(C(=O)/C=C/c2cc(OC)c(OC)c(OC)c2)n2c(C)cccc12. The molecule has 0 radical (unpaired) electrons. The molecular weight excluding hydrogens is 398 g/mol. The number of carbonyl (C=O) groups is 2. The number of hydrogen-bond acceptors (Lipinski definition) is 6. The molecule has 0 N–H and O–H groups in total. The zero-order valence-corrected chi connectivity index (χ0v) is 18.2. The lowest BCUT2D eigenvalue weighted by atomic mass is 10.1. The fourth-order valence-corrected chi connectivity index (χ4v) is 3.43. The number of nitrogens with zero attached hydrogens (tertiary/aromatic N) is 1. The van der Waals surface area contributed by atoms with Gasteiger partial charge in [-0.15, -0.1) is 0 Å². The Bertz CT molecular complexity index is 1130. The summed E-state index contributed by atoms with van der Waals surface area (Å²) in [7, 11) is 4.59. The molecule has 0 spiro atoms. The average Bonchev–Trinajstić information content (AvgIpc) is 3.18. The number of pyridine rings is 1. The average molecular weight is 423 g/mol. The molecule has 0 aliphatic rings. The van der Waals surface area contributed by atoms with Crippen molar-refractivity contribution >= 4 is 23.3 Å². The van der Waals surface area contributed by atoms with E-state index >= 15 is 0 Å². The number of carbonyl (C=O) groups excluding carboxylic acids is 2. The largest absolute Gasteiger partial charge is 0.493 e. The lowest BCUT2D eigenvalue weighted by Crippen LogP contribution is -2.04. The molecule has 0 bridgehead atoms. The third-order valence-corrected chi connectivity index (χ3v) is 4.85. The first-order chi connectivity index (χ1) is 14.9. The number of aryl methyl sites for hydroxylation is 1. The van der Waals surface area contributed by atoms with Crippen LogP contribution in [0.1, 0.15) is 39.0 Å². The predicted octanol–water partition coefficient (Wildman–Crippen LogP) is 4.35. The molecule has 162 valence electrons. The molecule has 1 aromatic carbocycles. The maximum Gasteiger partial charge on any atom is 0.340 e. The van der Waals surface area contributed by atoms with Crippen LogP contribution in [0.2, 0.25) is 0 Å². The lowest BCUT2D eigenvalue weighted by molar-refractivity contribution is 0.0529. The van der Waals surface area contributed by atoms with E-state index in [4.69, 9.17) is 18.9 Å². The highest BCUT2D eigenvalue weighted by molar-refractivity contribution is 6.09. The van der Waals surface area contributed by atoms with Crippen LogP contribution in [-0.2, 0) is 4.74 Å². The third-order valence-electron chi connectivity index (χ3n) is 4.85. The number of benzene rings is 1. The van der Waals surface area contributed by atoms with E-state index in [0.29, 0.717) is 39.6 Å². The second kappa shape index (κ2) is 9.38. The minimum atomic E-state index is -0.460. The smallest absolute Gasteiger partial charge is 0.340 e. The van der Waals surface area contributed by atoms with Crippen LogP contribution in [0.5, 0.6) is 17.2 Å². The molecule has 31 heavy (non-hydrogen) atoms. The number of rotatable bonds is 8. The number of methoxy groups -OCH3 is 3. The molecule has 7 heteroatoms. The summed E-state index contributed by atoms with van der Waals surface area (Å²) < 4.78 is 22.9. The summed E-state index contributed by atoms with van der Waals surface area (Å²) in [6, 6.07) is 10.6. The standard InChI is InChI=1S/C24H25NO6/c1-6-31-24(27)17-14-19(25-15(2)8-7-9-18(17)25)20(26)11-10-16-12-21(28-3)23(30-5)22(13-16)29-4/h7-14H,6H2,1-5H3/b11-10+. The summed E-state index contributed by atoms with van der Waals surface area (Å²) in [5.74, 6) is 0.734. The highest BCUT2D eigenvalue weighted by atomic mass is 16.5. The highest BCUT2D eigenvalue weighted by Gasteiger charge is 2.20. The maximum atomic E-state index is 13.1. The summed E-state index contributed by atoms with van der Waals surface area (Å²) in [4.78, 5) is 25.4. The second-order valence-electron chi connectivity index (χ2n) is 6.71. The third kappa shape index (κ3) is 4.26. The van der Waals surface area contributed by atoms with Crippen LogP contribution in [-0.4, -0.2) is 44.1 Å². The Labute approximate surface area is 180 Å². The molecule has 0 amide bonds. The molecule has 2 heterocycles. The van der Waals surface area contributed by atoms with Gasteiger partial charge < -0.3 is 23.3 Å². The van der Waals surface area contributed by atoms with Gasteiger partial charge in [0.2, 0.25) is 11.5 Å². The van der Waals surface area contributed by atoms with E-state index in [2.05, 4.69) is 0 Å². The fourth-order valence-electron chi connectivity index (χ4n) is 3.43. The summed E-state index contributed by atoms with van der Waals surface area (Å²) >= 11 is 0. The number of fused-ring (bicyclic) bond motifs is 1. The van der Waals surface area contributed by atoms with Gasteiger partial charge in [0.05, 0.1) is 44.7 Å². The highest BCUT2D eigenvalue weighted by Crippen LogP contribution is 2.38. The summed E-state index contributed by atoms with van der Waals surface area (Å²) in [6.07, 6.45) is 3.11. The van der Waals surface area contributed by atoms with E-state index in [1.54, 1.807) is 41.7 Å². The van der Waals surface area contributed by atoms with Crippen molar-refractivity contribution in [2.45, 2.75) is 13.8 Å². The van der Waals surface area contributed by atoms with Crippen LogP contribution in [0.25, 0.3) is 11.6 Å². The molecule has 0 saturated heterocycles. The Kier molecular flexibility index (Phi) is 6.65. The van der Waals surface area contributed by atoms with Gasteiger partial charge in [-0.2, -0.15) is 0 Å². The number of ketones is 1. The molecule has 0 unspecified atom stereocenters. The lowest BCUT2D eigenvalue weighted by Gasteiger charge is -2.12. The van der Waals surface area contributed by atoms with Crippen LogP contribution < -0.4 is 14.2 Å². The van der Waals surface area contributed by atoms with Crippen molar-refractivity contribution < 1.29 is 28.5 Å². The van der Waals surface area contributed by atoms with Crippen LogP contribution in [0.3, 0.4) is 0 Å². The minimum Gasteiger partial charge on any atom is -0.493 e. The van der Waals surface area contributed by atoms with Gasteiger partial charge in [0.1, 0.15) is 0 Å². The molecule has 0 saturated carbocycles.